The number of ether oxygens (including phenoxy) is 3. The zero-order valence-electron chi connectivity index (χ0n) is 35.1. The van der Waals surface area contributed by atoms with E-state index in [1.54, 1.807) is 0 Å². The molecule has 0 rings (SSSR count). The van der Waals surface area contributed by atoms with Crippen LogP contribution in [0.4, 0.5) is 0 Å². The molecule has 0 bridgehead atoms. The molecule has 6 nitrogen and oxygen atoms in total. The fourth-order valence-corrected chi connectivity index (χ4v) is 6.85. The zero-order chi connectivity index (χ0) is 38.0. The maximum Gasteiger partial charge on any atom is 0.306 e. The molecule has 1 atom stereocenters. The lowest BCUT2D eigenvalue weighted by Crippen LogP contribution is -2.30. The van der Waals surface area contributed by atoms with Crippen LogP contribution in [0.15, 0.2) is 0 Å². The molecule has 0 unspecified atom stereocenters. The summed E-state index contributed by atoms with van der Waals surface area (Å²) in [6.07, 6.45) is 42.4. The number of rotatable bonds is 42. The molecular formula is C46H88O6. The Bertz CT molecular complexity index is 768. The van der Waals surface area contributed by atoms with Gasteiger partial charge in [0, 0.05) is 19.3 Å². The van der Waals surface area contributed by atoms with Crippen molar-refractivity contribution in [2.75, 3.05) is 13.2 Å². The number of hydrogen-bond acceptors (Lipinski definition) is 6. The minimum Gasteiger partial charge on any atom is -0.462 e. The van der Waals surface area contributed by atoms with Gasteiger partial charge < -0.3 is 14.2 Å². The molecule has 0 aromatic heterocycles. The largest absolute Gasteiger partial charge is 0.462 e. The van der Waals surface area contributed by atoms with Gasteiger partial charge in [-0.3, -0.25) is 14.4 Å². The lowest BCUT2D eigenvalue weighted by Gasteiger charge is -2.18. The summed E-state index contributed by atoms with van der Waals surface area (Å²) in [5.41, 5.74) is 0. The third-order valence-corrected chi connectivity index (χ3v) is 10.4. The van der Waals surface area contributed by atoms with Gasteiger partial charge in [0.2, 0.25) is 0 Å². The zero-order valence-corrected chi connectivity index (χ0v) is 35.1. The summed E-state index contributed by atoms with van der Waals surface area (Å²) in [4.78, 5) is 37.5. The molecule has 0 amide bonds. The van der Waals surface area contributed by atoms with E-state index in [1.807, 2.05) is 0 Å². The van der Waals surface area contributed by atoms with E-state index in [1.165, 1.54) is 161 Å². The summed E-state index contributed by atoms with van der Waals surface area (Å²) in [6, 6.07) is 0. The first-order chi connectivity index (χ1) is 25.5. The second-order valence-corrected chi connectivity index (χ2v) is 15.7. The highest BCUT2D eigenvalue weighted by Gasteiger charge is 2.19. The molecule has 0 aromatic rings. The summed E-state index contributed by atoms with van der Waals surface area (Å²) < 4.78 is 16.6. The molecule has 0 saturated heterocycles. The van der Waals surface area contributed by atoms with Gasteiger partial charge in [-0.25, -0.2) is 0 Å². The quantitative estimate of drug-likeness (QED) is 0.0353. The summed E-state index contributed by atoms with van der Waals surface area (Å²) in [5, 5.41) is 0. The van der Waals surface area contributed by atoms with Gasteiger partial charge in [0.25, 0.3) is 0 Å². The van der Waals surface area contributed by atoms with Crippen molar-refractivity contribution in [2.45, 2.75) is 264 Å². The van der Waals surface area contributed by atoms with Gasteiger partial charge in [-0.15, -0.1) is 0 Å². The molecule has 0 N–H and O–H groups in total. The number of carbonyl (C=O) groups excluding carboxylic acids is 3. The summed E-state index contributed by atoms with van der Waals surface area (Å²) >= 11 is 0. The van der Waals surface area contributed by atoms with E-state index in [4.69, 9.17) is 14.2 Å². The van der Waals surface area contributed by atoms with Crippen LogP contribution in [0.3, 0.4) is 0 Å². The molecule has 52 heavy (non-hydrogen) atoms. The minimum atomic E-state index is -0.757. The molecule has 0 fully saturated rings. The topological polar surface area (TPSA) is 78.9 Å². The van der Waals surface area contributed by atoms with Gasteiger partial charge in [-0.2, -0.15) is 0 Å². The van der Waals surface area contributed by atoms with E-state index in [2.05, 4.69) is 20.8 Å². The van der Waals surface area contributed by atoms with E-state index >= 15 is 0 Å². The van der Waals surface area contributed by atoms with Gasteiger partial charge in [0.1, 0.15) is 13.2 Å². The van der Waals surface area contributed by atoms with Gasteiger partial charge in [0.05, 0.1) is 0 Å². The molecular weight excluding hydrogens is 648 g/mol. The Hall–Kier alpha value is -1.59. The fourth-order valence-electron chi connectivity index (χ4n) is 6.85. The first kappa shape index (κ1) is 50.4. The first-order valence-electron chi connectivity index (χ1n) is 23.0. The number of unbranched alkanes of at least 4 members (excludes halogenated alkanes) is 31. The average Bonchev–Trinajstić information content (AvgIpc) is 3.14. The maximum atomic E-state index is 12.7. The highest BCUT2D eigenvalue weighted by Crippen LogP contribution is 2.16. The second kappa shape index (κ2) is 42.2. The molecule has 6 heteroatoms. The van der Waals surface area contributed by atoms with Crippen molar-refractivity contribution >= 4 is 17.9 Å². The molecule has 0 aliphatic heterocycles. The van der Waals surface area contributed by atoms with Crippen LogP contribution in [0.1, 0.15) is 258 Å². The highest BCUT2D eigenvalue weighted by atomic mass is 16.6. The van der Waals surface area contributed by atoms with E-state index in [9.17, 15) is 14.4 Å². The van der Waals surface area contributed by atoms with Crippen molar-refractivity contribution in [1.29, 1.82) is 0 Å². The van der Waals surface area contributed by atoms with Crippen molar-refractivity contribution in [3.05, 3.63) is 0 Å². The maximum absolute atomic E-state index is 12.7. The Kier molecular flexibility index (Phi) is 40.9. The Morgan fingerprint density at radius 1 is 0.308 bits per heavy atom. The average molecular weight is 737 g/mol. The molecule has 0 spiro atoms. The molecule has 0 aliphatic rings. The van der Waals surface area contributed by atoms with Crippen molar-refractivity contribution in [1.82, 2.24) is 0 Å². The Balaban J connectivity index is 4.21. The minimum absolute atomic E-state index is 0.0634. The van der Waals surface area contributed by atoms with Crippen LogP contribution in [0.2, 0.25) is 0 Å². The Labute approximate surface area is 323 Å². The van der Waals surface area contributed by atoms with Crippen LogP contribution in [-0.4, -0.2) is 37.2 Å². The van der Waals surface area contributed by atoms with E-state index < -0.39 is 6.10 Å². The fraction of sp³-hybridized carbons (Fsp3) is 0.935. The lowest BCUT2D eigenvalue weighted by atomic mass is 10.0. The number of hydrogen-bond donors (Lipinski definition) is 0. The molecule has 0 radical (unpaired) electrons. The smallest absolute Gasteiger partial charge is 0.306 e. The number of esters is 3. The third kappa shape index (κ3) is 39.6. The molecule has 0 aromatic carbocycles. The normalized spacial score (nSPS) is 11.8. The van der Waals surface area contributed by atoms with E-state index in [0.29, 0.717) is 19.3 Å². The third-order valence-electron chi connectivity index (χ3n) is 10.4. The Morgan fingerprint density at radius 3 is 0.769 bits per heavy atom. The highest BCUT2D eigenvalue weighted by molar-refractivity contribution is 5.71. The standard InChI is InChI=1S/C46H88O6/c1-4-7-10-13-16-18-20-21-22-23-24-25-26-28-31-34-37-40-46(49)52-43(41-50-44(47)38-35-32-29-15-12-9-6-3)42-51-45(48)39-36-33-30-27-19-17-14-11-8-5-2/h43H,4-42H2,1-3H3/t43-/m0/s1. The molecule has 0 heterocycles. The molecule has 308 valence electrons. The molecule has 0 saturated carbocycles. The monoisotopic (exact) mass is 737 g/mol. The van der Waals surface area contributed by atoms with Gasteiger partial charge in [-0.05, 0) is 19.3 Å². The first-order valence-corrected chi connectivity index (χ1v) is 23.0. The second-order valence-electron chi connectivity index (χ2n) is 15.7. The summed E-state index contributed by atoms with van der Waals surface area (Å²) in [6.45, 7) is 6.61. The summed E-state index contributed by atoms with van der Waals surface area (Å²) in [5.74, 6) is -0.859. The number of carbonyl (C=O) groups is 3. The van der Waals surface area contributed by atoms with Gasteiger partial charge >= 0.3 is 17.9 Å². The van der Waals surface area contributed by atoms with Crippen LogP contribution in [0.5, 0.6) is 0 Å². The summed E-state index contributed by atoms with van der Waals surface area (Å²) in [7, 11) is 0. The van der Waals surface area contributed by atoms with E-state index in [-0.39, 0.29) is 31.1 Å². The van der Waals surface area contributed by atoms with Crippen LogP contribution in [0.25, 0.3) is 0 Å². The van der Waals surface area contributed by atoms with Crippen molar-refractivity contribution in [3.8, 4) is 0 Å². The van der Waals surface area contributed by atoms with Crippen LogP contribution < -0.4 is 0 Å². The van der Waals surface area contributed by atoms with Crippen molar-refractivity contribution in [2.24, 2.45) is 0 Å². The predicted octanol–water partition coefficient (Wildman–Crippen LogP) is 14.5. The SMILES string of the molecule is CCCCCCCCCCCCCCCCCCCC(=O)O[C@@H](COC(=O)CCCCCCCCC)COC(=O)CCCCCCCCCCCC. The van der Waals surface area contributed by atoms with Gasteiger partial charge in [0.15, 0.2) is 6.10 Å². The lowest BCUT2D eigenvalue weighted by molar-refractivity contribution is -0.167. The van der Waals surface area contributed by atoms with E-state index in [0.717, 1.165) is 57.8 Å². The predicted molar refractivity (Wildman–Crippen MR) is 220 cm³/mol. The van der Waals surface area contributed by atoms with Crippen molar-refractivity contribution in [3.63, 3.8) is 0 Å². The van der Waals surface area contributed by atoms with Crippen LogP contribution in [-0.2, 0) is 28.6 Å². The van der Waals surface area contributed by atoms with Gasteiger partial charge in [-0.1, -0.05) is 220 Å². The van der Waals surface area contributed by atoms with Crippen LogP contribution >= 0.6 is 0 Å². The van der Waals surface area contributed by atoms with Crippen LogP contribution in [0, 0.1) is 0 Å². The molecule has 0 aliphatic carbocycles. The van der Waals surface area contributed by atoms with Crippen molar-refractivity contribution < 1.29 is 28.6 Å². The Morgan fingerprint density at radius 2 is 0.519 bits per heavy atom.